The maximum Gasteiger partial charge on any atom is 0.0900 e. The minimum atomic E-state index is -0.115. The van der Waals surface area contributed by atoms with Crippen LogP contribution in [0, 0.1) is 6.92 Å². The van der Waals surface area contributed by atoms with Crippen molar-refractivity contribution >= 4 is 0 Å². The highest BCUT2D eigenvalue weighted by Crippen LogP contribution is 2.21. The van der Waals surface area contributed by atoms with Gasteiger partial charge >= 0.3 is 0 Å². The van der Waals surface area contributed by atoms with Crippen LogP contribution in [0.25, 0.3) is 5.69 Å². The van der Waals surface area contributed by atoms with Crippen LogP contribution in [0.5, 0.6) is 0 Å². The first-order valence-corrected chi connectivity index (χ1v) is 6.91. The highest BCUT2D eigenvalue weighted by molar-refractivity contribution is 5.33. The summed E-state index contributed by atoms with van der Waals surface area (Å²) in [4.78, 5) is 0. The molecule has 1 atom stereocenters. The lowest BCUT2D eigenvalue weighted by atomic mass is 10.0. The van der Waals surface area contributed by atoms with E-state index >= 15 is 0 Å². The van der Waals surface area contributed by atoms with Gasteiger partial charge < -0.3 is 0 Å². The van der Waals surface area contributed by atoms with Crippen LogP contribution < -0.4 is 11.3 Å². The summed E-state index contributed by atoms with van der Waals surface area (Å²) < 4.78 is 1.86. The molecular formula is C17H18N4. The predicted octanol–water partition coefficient (Wildman–Crippen LogP) is 2.73. The molecule has 0 spiro atoms. The van der Waals surface area contributed by atoms with Crippen molar-refractivity contribution in [1.82, 2.24) is 15.2 Å². The fourth-order valence-electron chi connectivity index (χ4n) is 2.33. The Morgan fingerprint density at radius 1 is 1.00 bits per heavy atom. The monoisotopic (exact) mass is 278 g/mol. The van der Waals surface area contributed by atoms with Gasteiger partial charge in [-0.25, -0.2) is 10.1 Å². The van der Waals surface area contributed by atoms with Crippen LogP contribution in [-0.2, 0) is 0 Å². The SMILES string of the molecule is Cc1ccc(C(NN)c2ccn(-c3ccccc3)n2)cc1. The fraction of sp³-hybridized carbons (Fsp3) is 0.118. The van der Waals surface area contributed by atoms with Gasteiger partial charge in [0.05, 0.1) is 17.4 Å². The molecule has 1 unspecified atom stereocenters. The molecular weight excluding hydrogens is 260 g/mol. The van der Waals surface area contributed by atoms with E-state index < -0.39 is 0 Å². The molecule has 4 nitrogen and oxygen atoms in total. The van der Waals surface area contributed by atoms with Crippen molar-refractivity contribution in [2.24, 2.45) is 5.84 Å². The van der Waals surface area contributed by atoms with E-state index in [4.69, 9.17) is 5.84 Å². The molecule has 1 aromatic heterocycles. The van der Waals surface area contributed by atoms with Gasteiger partial charge in [-0.3, -0.25) is 5.84 Å². The number of nitrogens with one attached hydrogen (secondary N) is 1. The summed E-state index contributed by atoms with van der Waals surface area (Å²) in [6, 6.07) is 20.2. The van der Waals surface area contributed by atoms with Crippen LogP contribution in [0.3, 0.4) is 0 Å². The summed E-state index contributed by atoms with van der Waals surface area (Å²) in [6.45, 7) is 2.07. The molecule has 0 aliphatic heterocycles. The third kappa shape index (κ3) is 2.86. The van der Waals surface area contributed by atoms with Gasteiger partial charge in [0.2, 0.25) is 0 Å². The van der Waals surface area contributed by atoms with Crippen LogP contribution in [0.1, 0.15) is 22.9 Å². The molecule has 1 heterocycles. The van der Waals surface area contributed by atoms with Crippen LogP contribution >= 0.6 is 0 Å². The molecule has 0 aliphatic carbocycles. The van der Waals surface area contributed by atoms with Gasteiger partial charge in [-0.1, -0.05) is 48.0 Å². The Kier molecular flexibility index (Phi) is 3.81. The van der Waals surface area contributed by atoms with Gasteiger partial charge in [-0.2, -0.15) is 5.10 Å². The first-order chi connectivity index (χ1) is 10.3. The van der Waals surface area contributed by atoms with Crippen LogP contribution in [-0.4, -0.2) is 9.78 Å². The minimum absolute atomic E-state index is 0.115. The molecule has 21 heavy (non-hydrogen) atoms. The highest BCUT2D eigenvalue weighted by Gasteiger charge is 2.15. The normalized spacial score (nSPS) is 12.3. The topological polar surface area (TPSA) is 55.9 Å². The van der Waals surface area contributed by atoms with Crippen LogP contribution in [0.2, 0.25) is 0 Å². The Morgan fingerprint density at radius 2 is 1.71 bits per heavy atom. The zero-order valence-corrected chi connectivity index (χ0v) is 11.9. The molecule has 0 saturated carbocycles. The van der Waals surface area contributed by atoms with Gasteiger partial charge in [-0.15, -0.1) is 0 Å². The standard InChI is InChI=1S/C17H18N4/c1-13-7-9-14(10-8-13)17(19-18)16-11-12-21(20-16)15-5-3-2-4-6-15/h2-12,17,19H,18H2,1H3. The predicted molar refractivity (Wildman–Crippen MR) is 83.9 cm³/mol. The zero-order valence-electron chi connectivity index (χ0n) is 11.9. The molecule has 3 N–H and O–H groups in total. The van der Waals surface area contributed by atoms with Crippen molar-refractivity contribution in [3.05, 3.63) is 83.7 Å². The van der Waals surface area contributed by atoms with E-state index in [1.54, 1.807) is 0 Å². The second-order valence-electron chi connectivity index (χ2n) is 5.03. The van der Waals surface area contributed by atoms with E-state index in [-0.39, 0.29) is 6.04 Å². The first kappa shape index (κ1) is 13.5. The van der Waals surface area contributed by atoms with Gasteiger partial charge in [0.25, 0.3) is 0 Å². The molecule has 3 aromatic rings. The summed E-state index contributed by atoms with van der Waals surface area (Å²) in [7, 11) is 0. The third-order valence-electron chi connectivity index (χ3n) is 3.50. The maximum absolute atomic E-state index is 5.72. The summed E-state index contributed by atoms with van der Waals surface area (Å²) in [5.41, 5.74) is 7.09. The highest BCUT2D eigenvalue weighted by atomic mass is 15.3. The lowest BCUT2D eigenvalue weighted by molar-refractivity contribution is 0.612. The smallest absolute Gasteiger partial charge is 0.0900 e. The van der Waals surface area contributed by atoms with Gasteiger partial charge in [0.1, 0.15) is 0 Å². The van der Waals surface area contributed by atoms with Crippen molar-refractivity contribution in [3.63, 3.8) is 0 Å². The number of hydrazine groups is 1. The van der Waals surface area contributed by atoms with E-state index in [9.17, 15) is 0 Å². The lowest BCUT2D eigenvalue weighted by Gasteiger charge is -2.14. The Labute approximate surface area is 124 Å². The molecule has 0 radical (unpaired) electrons. The second kappa shape index (κ2) is 5.91. The molecule has 4 heteroatoms. The van der Waals surface area contributed by atoms with Crippen LogP contribution in [0.15, 0.2) is 66.9 Å². The summed E-state index contributed by atoms with van der Waals surface area (Å²) in [5.74, 6) is 5.72. The summed E-state index contributed by atoms with van der Waals surface area (Å²) in [6.07, 6.45) is 1.95. The third-order valence-corrected chi connectivity index (χ3v) is 3.50. The molecule has 2 aromatic carbocycles. The Morgan fingerprint density at radius 3 is 2.38 bits per heavy atom. The number of benzene rings is 2. The number of hydrogen-bond acceptors (Lipinski definition) is 3. The zero-order chi connectivity index (χ0) is 14.7. The van der Waals surface area contributed by atoms with Gasteiger partial charge in [0, 0.05) is 6.20 Å². The van der Waals surface area contributed by atoms with Crippen molar-refractivity contribution < 1.29 is 0 Å². The molecule has 106 valence electrons. The van der Waals surface area contributed by atoms with E-state index in [1.165, 1.54) is 5.56 Å². The summed E-state index contributed by atoms with van der Waals surface area (Å²) >= 11 is 0. The molecule has 0 aliphatic rings. The number of hydrogen-bond donors (Lipinski definition) is 2. The Hall–Kier alpha value is -2.43. The average molecular weight is 278 g/mol. The number of rotatable bonds is 4. The summed E-state index contributed by atoms with van der Waals surface area (Å²) in [5, 5.41) is 4.62. The van der Waals surface area contributed by atoms with Crippen molar-refractivity contribution in [2.45, 2.75) is 13.0 Å². The molecule has 0 saturated heterocycles. The van der Waals surface area contributed by atoms with Crippen molar-refractivity contribution in [1.29, 1.82) is 0 Å². The molecule has 3 rings (SSSR count). The van der Waals surface area contributed by atoms with Gasteiger partial charge in [-0.05, 0) is 30.7 Å². The minimum Gasteiger partial charge on any atom is -0.271 e. The average Bonchev–Trinajstić information content (AvgIpc) is 3.00. The molecule has 0 amide bonds. The second-order valence-corrected chi connectivity index (χ2v) is 5.03. The lowest BCUT2D eigenvalue weighted by Crippen LogP contribution is -2.29. The van der Waals surface area contributed by atoms with Crippen LogP contribution in [0.4, 0.5) is 0 Å². The number of aromatic nitrogens is 2. The molecule has 0 fully saturated rings. The van der Waals surface area contributed by atoms with E-state index in [0.29, 0.717) is 0 Å². The first-order valence-electron chi connectivity index (χ1n) is 6.91. The number of aryl methyl sites for hydroxylation is 1. The van der Waals surface area contributed by atoms with E-state index in [0.717, 1.165) is 16.9 Å². The largest absolute Gasteiger partial charge is 0.271 e. The van der Waals surface area contributed by atoms with Crippen molar-refractivity contribution in [2.75, 3.05) is 0 Å². The number of para-hydroxylation sites is 1. The Balaban J connectivity index is 1.92. The van der Waals surface area contributed by atoms with E-state index in [1.807, 2.05) is 47.3 Å². The fourth-order valence-corrected chi connectivity index (χ4v) is 2.33. The van der Waals surface area contributed by atoms with Crippen molar-refractivity contribution in [3.8, 4) is 5.69 Å². The number of nitrogens with two attached hydrogens (primary N) is 1. The number of nitrogens with zero attached hydrogens (tertiary/aromatic N) is 2. The Bertz CT molecular complexity index is 701. The maximum atomic E-state index is 5.72. The quantitative estimate of drug-likeness (QED) is 0.570. The van der Waals surface area contributed by atoms with Gasteiger partial charge in [0.15, 0.2) is 0 Å². The van der Waals surface area contributed by atoms with E-state index in [2.05, 4.69) is 41.7 Å². The molecule has 0 bridgehead atoms.